The van der Waals surface area contributed by atoms with Crippen molar-refractivity contribution in [2.24, 2.45) is 0 Å². The summed E-state index contributed by atoms with van der Waals surface area (Å²) in [5, 5.41) is 11.4. The van der Waals surface area contributed by atoms with Gasteiger partial charge in [-0.3, -0.25) is 19.8 Å². The van der Waals surface area contributed by atoms with Gasteiger partial charge >= 0.3 is 0 Å². The van der Waals surface area contributed by atoms with Gasteiger partial charge in [-0.15, -0.1) is 12.4 Å². The Morgan fingerprint density at radius 2 is 1.91 bits per heavy atom. The summed E-state index contributed by atoms with van der Waals surface area (Å²) in [6, 6.07) is 12.7. The van der Waals surface area contributed by atoms with Gasteiger partial charge in [0, 0.05) is 24.7 Å². The van der Waals surface area contributed by atoms with Gasteiger partial charge in [0.15, 0.2) is 0 Å². The second-order valence-corrected chi connectivity index (χ2v) is 8.39. The van der Waals surface area contributed by atoms with Crippen LogP contribution >= 0.6 is 12.4 Å². The molecule has 0 bridgehead atoms. The van der Waals surface area contributed by atoms with Crippen molar-refractivity contribution < 1.29 is 14.5 Å². The van der Waals surface area contributed by atoms with E-state index in [4.69, 9.17) is 4.74 Å². The summed E-state index contributed by atoms with van der Waals surface area (Å²) in [4.78, 5) is 28.6. The van der Waals surface area contributed by atoms with Crippen LogP contribution in [0.3, 0.4) is 0 Å². The number of fused-ring (bicyclic) bond motifs is 1. The number of amides is 1. The number of methoxy groups -OCH3 is 1. The SMILES string of the molecule is COc1cccc2c1CC[C@H](N1CCCC1)[C@H]2N(C)C(=O)Cc1ccccc1[N+](=O)[O-].Cl. The van der Waals surface area contributed by atoms with E-state index in [0.29, 0.717) is 5.56 Å². The topological polar surface area (TPSA) is 75.9 Å². The molecule has 32 heavy (non-hydrogen) atoms. The largest absolute Gasteiger partial charge is 0.496 e. The molecule has 2 aromatic carbocycles. The Bertz CT molecular complexity index is 977. The molecule has 0 saturated carbocycles. The lowest BCUT2D eigenvalue weighted by Gasteiger charge is -2.43. The predicted octanol–water partition coefficient (Wildman–Crippen LogP) is 4.18. The van der Waals surface area contributed by atoms with Crippen LogP contribution in [0, 0.1) is 10.1 Å². The standard InChI is InChI=1S/C24H29N3O4.ClH/c1-25(23(28)16-17-8-3-4-10-20(17)27(29)30)24-19-9-7-11-22(31-2)18(19)12-13-21(24)26-14-5-6-15-26;/h3-4,7-11,21,24H,5-6,12-16H2,1-2H3;1H/t21-,24-;/m0./s1. The van der Waals surface area contributed by atoms with Crippen molar-refractivity contribution in [2.75, 3.05) is 27.2 Å². The smallest absolute Gasteiger partial charge is 0.273 e. The van der Waals surface area contributed by atoms with Gasteiger partial charge in [0.05, 0.1) is 24.5 Å². The highest BCUT2D eigenvalue weighted by atomic mass is 35.5. The maximum atomic E-state index is 13.4. The van der Waals surface area contributed by atoms with Crippen LogP contribution in [0.2, 0.25) is 0 Å². The first-order valence-electron chi connectivity index (χ1n) is 10.9. The second-order valence-electron chi connectivity index (χ2n) is 8.39. The molecule has 172 valence electrons. The number of likely N-dealkylation sites (tertiary alicyclic amines) is 1. The zero-order valence-corrected chi connectivity index (χ0v) is 19.3. The summed E-state index contributed by atoms with van der Waals surface area (Å²) < 4.78 is 5.61. The monoisotopic (exact) mass is 459 g/mol. The molecule has 0 spiro atoms. The summed E-state index contributed by atoms with van der Waals surface area (Å²) in [5.74, 6) is 0.751. The van der Waals surface area contributed by atoms with E-state index >= 15 is 0 Å². The van der Waals surface area contributed by atoms with Gasteiger partial charge < -0.3 is 9.64 Å². The third-order valence-electron chi connectivity index (χ3n) is 6.71. The zero-order chi connectivity index (χ0) is 22.0. The molecule has 0 N–H and O–H groups in total. The molecular weight excluding hydrogens is 430 g/mol. The van der Waals surface area contributed by atoms with Crippen LogP contribution in [0.25, 0.3) is 0 Å². The number of hydrogen-bond donors (Lipinski definition) is 0. The van der Waals surface area contributed by atoms with E-state index in [1.807, 2.05) is 19.2 Å². The van der Waals surface area contributed by atoms with Crippen LogP contribution in [-0.2, 0) is 17.6 Å². The minimum absolute atomic E-state index is 0. The van der Waals surface area contributed by atoms with Gasteiger partial charge in [0.25, 0.3) is 5.69 Å². The summed E-state index contributed by atoms with van der Waals surface area (Å²) >= 11 is 0. The number of nitro groups is 1. The van der Waals surface area contributed by atoms with E-state index in [1.54, 1.807) is 30.2 Å². The highest BCUT2D eigenvalue weighted by Crippen LogP contribution is 2.41. The van der Waals surface area contributed by atoms with Crippen molar-refractivity contribution in [1.29, 1.82) is 0 Å². The number of benzene rings is 2. The fourth-order valence-electron chi connectivity index (χ4n) is 5.18. The van der Waals surface area contributed by atoms with Crippen LogP contribution in [0.5, 0.6) is 5.75 Å². The number of carbonyl (C=O) groups excluding carboxylic acids is 1. The normalized spacial score (nSPS) is 20.2. The van der Waals surface area contributed by atoms with Crippen LogP contribution in [-0.4, -0.2) is 53.9 Å². The Kier molecular flexibility index (Phi) is 7.74. The molecule has 8 heteroatoms. The van der Waals surface area contributed by atoms with Crippen molar-refractivity contribution in [3.63, 3.8) is 0 Å². The van der Waals surface area contributed by atoms with E-state index in [9.17, 15) is 14.9 Å². The van der Waals surface area contributed by atoms with Crippen molar-refractivity contribution >= 4 is 24.0 Å². The van der Waals surface area contributed by atoms with Gasteiger partial charge in [-0.2, -0.15) is 0 Å². The molecule has 2 aromatic rings. The van der Waals surface area contributed by atoms with Crippen LogP contribution in [0.1, 0.15) is 42.0 Å². The summed E-state index contributed by atoms with van der Waals surface area (Å²) in [5.41, 5.74) is 2.73. The number of halogens is 1. The Balaban J connectivity index is 0.00000289. The lowest BCUT2D eigenvalue weighted by molar-refractivity contribution is -0.385. The molecule has 1 fully saturated rings. The maximum absolute atomic E-state index is 13.4. The number of carbonyl (C=O) groups is 1. The van der Waals surface area contributed by atoms with Crippen molar-refractivity contribution in [2.45, 2.75) is 44.2 Å². The van der Waals surface area contributed by atoms with Crippen LogP contribution in [0.4, 0.5) is 5.69 Å². The molecule has 1 aliphatic carbocycles. The summed E-state index contributed by atoms with van der Waals surface area (Å²) in [7, 11) is 3.51. The number of hydrogen-bond acceptors (Lipinski definition) is 5. The van der Waals surface area contributed by atoms with Gasteiger partial charge in [0.2, 0.25) is 5.91 Å². The molecule has 2 atom stereocenters. The third-order valence-corrected chi connectivity index (χ3v) is 6.71. The Morgan fingerprint density at radius 1 is 1.19 bits per heavy atom. The third kappa shape index (κ3) is 4.59. The Morgan fingerprint density at radius 3 is 2.59 bits per heavy atom. The number of likely N-dealkylation sites (N-methyl/N-ethyl adjacent to an activating group) is 1. The van der Waals surface area contributed by atoms with Crippen LogP contribution in [0.15, 0.2) is 42.5 Å². The van der Waals surface area contributed by atoms with Gasteiger partial charge in [0.1, 0.15) is 5.75 Å². The molecule has 2 aliphatic rings. The number of nitrogens with zero attached hydrogens (tertiary/aromatic N) is 3. The molecule has 1 heterocycles. The quantitative estimate of drug-likeness (QED) is 0.478. The fourth-order valence-corrected chi connectivity index (χ4v) is 5.18. The van der Waals surface area contributed by atoms with Crippen molar-refractivity contribution in [3.8, 4) is 5.75 Å². The van der Waals surface area contributed by atoms with Crippen LogP contribution < -0.4 is 4.74 Å². The van der Waals surface area contributed by atoms with Gasteiger partial charge in [-0.1, -0.05) is 30.3 Å². The number of nitro benzene ring substituents is 1. The highest BCUT2D eigenvalue weighted by molar-refractivity contribution is 5.85. The van der Waals surface area contributed by atoms with E-state index in [1.165, 1.54) is 18.9 Å². The molecule has 7 nitrogen and oxygen atoms in total. The van der Waals surface area contributed by atoms with E-state index in [-0.39, 0.29) is 42.5 Å². The second kappa shape index (κ2) is 10.3. The molecule has 1 amide bonds. The molecular formula is C24H30ClN3O4. The Hall–Kier alpha value is -2.64. The molecule has 0 radical (unpaired) electrons. The molecule has 4 rings (SSSR count). The Labute approximate surface area is 194 Å². The lowest BCUT2D eigenvalue weighted by Crippen LogP contribution is -2.48. The minimum Gasteiger partial charge on any atom is -0.496 e. The first-order chi connectivity index (χ1) is 15.0. The minimum atomic E-state index is -0.420. The van der Waals surface area contributed by atoms with Crippen molar-refractivity contribution in [1.82, 2.24) is 9.80 Å². The highest BCUT2D eigenvalue weighted by Gasteiger charge is 2.39. The number of para-hydroxylation sites is 1. The average molecular weight is 460 g/mol. The number of ether oxygens (including phenoxy) is 1. The molecule has 1 saturated heterocycles. The fraction of sp³-hybridized carbons (Fsp3) is 0.458. The maximum Gasteiger partial charge on any atom is 0.273 e. The van der Waals surface area contributed by atoms with Crippen molar-refractivity contribution in [3.05, 3.63) is 69.3 Å². The number of rotatable bonds is 6. The first kappa shape index (κ1) is 24.0. The van der Waals surface area contributed by atoms with E-state index in [2.05, 4.69) is 11.0 Å². The molecule has 0 unspecified atom stereocenters. The summed E-state index contributed by atoms with van der Waals surface area (Å²) in [6.45, 7) is 2.10. The van der Waals surface area contributed by atoms with E-state index < -0.39 is 4.92 Å². The van der Waals surface area contributed by atoms with E-state index in [0.717, 1.165) is 42.8 Å². The zero-order valence-electron chi connectivity index (χ0n) is 18.5. The van der Waals surface area contributed by atoms with Gasteiger partial charge in [-0.05, 0) is 56.0 Å². The molecule has 1 aliphatic heterocycles. The first-order valence-corrected chi connectivity index (χ1v) is 10.9. The van der Waals surface area contributed by atoms with Gasteiger partial charge in [-0.25, -0.2) is 0 Å². The summed E-state index contributed by atoms with van der Waals surface area (Å²) in [6.07, 6.45) is 4.25. The lowest BCUT2D eigenvalue weighted by atomic mass is 9.81. The average Bonchev–Trinajstić information content (AvgIpc) is 3.32. The molecule has 0 aromatic heterocycles. The predicted molar refractivity (Wildman–Crippen MR) is 125 cm³/mol.